The second-order valence-electron chi connectivity index (χ2n) is 4.49. The highest BCUT2D eigenvalue weighted by molar-refractivity contribution is 6.30. The second-order valence-corrected chi connectivity index (χ2v) is 4.93. The van der Waals surface area contributed by atoms with Gasteiger partial charge >= 0.3 is 0 Å². The van der Waals surface area contributed by atoms with E-state index in [4.69, 9.17) is 11.6 Å². The van der Waals surface area contributed by atoms with E-state index >= 15 is 0 Å². The summed E-state index contributed by atoms with van der Waals surface area (Å²) in [6, 6.07) is 7.38. The Morgan fingerprint density at radius 1 is 1.28 bits per heavy atom. The summed E-state index contributed by atoms with van der Waals surface area (Å²) in [6.45, 7) is 0. The Balaban J connectivity index is 2.08. The first-order valence-electron chi connectivity index (χ1n) is 5.96. The largest absolute Gasteiger partial charge is 0.296 e. The molecule has 4 nitrogen and oxygen atoms in total. The third kappa shape index (κ3) is 1.82. The molecule has 0 amide bonds. The zero-order valence-corrected chi connectivity index (χ0v) is 10.5. The summed E-state index contributed by atoms with van der Waals surface area (Å²) in [5.74, 6) is 0.399. The van der Waals surface area contributed by atoms with Crippen molar-refractivity contribution < 1.29 is 4.79 Å². The molecule has 5 heteroatoms. The number of hydrogen-bond acceptors (Lipinski definition) is 3. The SMILES string of the molecule is O=Cc1nnn(-c2ccc(Cl)cc2)c1C1CCC1. The molecule has 1 fully saturated rings. The lowest BCUT2D eigenvalue weighted by Gasteiger charge is -2.26. The number of aldehydes is 1. The smallest absolute Gasteiger partial charge is 0.172 e. The van der Waals surface area contributed by atoms with Crippen LogP contribution in [0.1, 0.15) is 41.4 Å². The highest BCUT2D eigenvalue weighted by Crippen LogP contribution is 2.38. The summed E-state index contributed by atoms with van der Waals surface area (Å²) >= 11 is 5.87. The lowest BCUT2D eigenvalue weighted by Crippen LogP contribution is -2.15. The summed E-state index contributed by atoms with van der Waals surface area (Å²) in [5, 5.41) is 8.71. The lowest BCUT2D eigenvalue weighted by molar-refractivity contribution is 0.111. The van der Waals surface area contributed by atoms with E-state index in [1.54, 1.807) is 4.68 Å². The lowest BCUT2D eigenvalue weighted by atomic mass is 9.82. The first kappa shape index (κ1) is 11.4. The van der Waals surface area contributed by atoms with Crippen LogP contribution in [0.5, 0.6) is 0 Å². The van der Waals surface area contributed by atoms with Gasteiger partial charge in [-0.25, -0.2) is 4.68 Å². The van der Waals surface area contributed by atoms with Gasteiger partial charge in [-0.05, 0) is 37.1 Å². The van der Waals surface area contributed by atoms with Crippen molar-refractivity contribution in [2.75, 3.05) is 0 Å². The van der Waals surface area contributed by atoms with Crippen LogP contribution < -0.4 is 0 Å². The number of hydrogen-bond donors (Lipinski definition) is 0. The van der Waals surface area contributed by atoms with Crippen molar-refractivity contribution >= 4 is 17.9 Å². The Hall–Kier alpha value is -1.68. The molecule has 1 aromatic heterocycles. The van der Waals surface area contributed by atoms with E-state index < -0.39 is 0 Å². The van der Waals surface area contributed by atoms with E-state index in [1.807, 2.05) is 24.3 Å². The van der Waals surface area contributed by atoms with E-state index in [9.17, 15) is 4.79 Å². The fourth-order valence-electron chi connectivity index (χ4n) is 2.22. The molecule has 0 N–H and O–H groups in total. The molecule has 1 saturated carbocycles. The van der Waals surface area contributed by atoms with Gasteiger partial charge in [0.05, 0.1) is 11.4 Å². The Bertz CT molecular complexity index is 572. The summed E-state index contributed by atoms with van der Waals surface area (Å²) in [6.07, 6.45) is 4.19. The topological polar surface area (TPSA) is 47.8 Å². The van der Waals surface area contributed by atoms with Crippen LogP contribution in [0.3, 0.4) is 0 Å². The normalized spacial score (nSPS) is 15.4. The van der Waals surface area contributed by atoms with Gasteiger partial charge in [-0.15, -0.1) is 5.10 Å². The third-order valence-electron chi connectivity index (χ3n) is 3.41. The third-order valence-corrected chi connectivity index (χ3v) is 3.66. The van der Waals surface area contributed by atoms with Crippen LogP contribution in [0, 0.1) is 0 Å². The van der Waals surface area contributed by atoms with Crippen molar-refractivity contribution in [1.82, 2.24) is 15.0 Å². The quantitative estimate of drug-likeness (QED) is 0.798. The van der Waals surface area contributed by atoms with Gasteiger partial charge in [0.2, 0.25) is 0 Å². The maximum atomic E-state index is 11.0. The number of carbonyl (C=O) groups excluding carboxylic acids is 1. The average Bonchev–Trinajstić information content (AvgIpc) is 2.72. The average molecular weight is 262 g/mol. The number of nitrogens with zero attached hydrogens (tertiary/aromatic N) is 3. The summed E-state index contributed by atoms with van der Waals surface area (Å²) in [7, 11) is 0. The van der Waals surface area contributed by atoms with Crippen LogP contribution in [0.2, 0.25) is 5.02 Å². The minimum atomic E-state index is 0.399. The van der Waals surface area contributed by atoms with Gasteiger partial charge in [-0.3, -0.25) is 4.79 Å². The minimum Gasteiger partial charge on any atom is -0.296 e. The number of aromatic nitrogens is 3. The van der Waals surface area contributed by atoms with Crippen molar-refractivity contribution in [3.05, 3.63) is 40.7 Å². The highest BCUT2D eigenvalue weighted by Gasteiger charge is 2.28. The molecular formula is C13H12ClN3O. The Morgan fingerprint density at radius 2 is 2.00 bits per heavy atom. The first-order valence-corrected chi connectivity index (χ1v) is 6.34. The Kier molecular flexibility index (Phi) is 2.88. The van der Waals surface area contributed by atoms with Gasteiger partial charge in [-0.1, -0.05) is 23.2 Å². The zero-order chi connectivity index (χ0) is 12.5. The maximum Gasteiger partial charge on any atom is 0.172 e. The van der Waals surface area contributed by atoms with Crippen LogP contribution in [0.15, 0.2) is 24.3 Å². The molecule has 0 bridgehead atoms. The van der Waals surface area contributed by atoms with Crippen LogP contribution in [0.4, 0.5) is 0 Å². The molecule has 1 aliphatic carbocycles. The molecule has 3 rings (SSSR count). The monoisotopic (exact) mass is 261 g/mol. The fourth-order valence-corrected chi connectivity index (χ4v) is 2.35. The van der Waals surface area contributed by atoms with Gasteiger partial charge in [0.1, 0.15) is 5.69 Å². The van der Waals surface area contributed by atoms with E-state index in [0.717, 1.165) is 30.5 Å². The molecule has 18 heavy (non-hydrogen) atoms. The number of carbonyl (C=O) groups is 1. The van der Waals surface area contributed by atoms with E-state index in [1.165, 1.54) is 6.42 Å². The van der Waals surface area contributed by atoms with Gasteiger partial charge in [0.15, 0.2) is 6.29 Å². The number of rotatable bonds is 3. The van der Waals surface area contributed by atoms with Crippen LogP contribution in [0.25, 0.3) is 5.69 Å². The molecule has 1 heterocycles. The summed E-state index contributed by atoms with van der Waals surface area (Å²) < 4.78 is 1.75. The first-order chi connectivity index (χ1) is 8.79. The summed E-state index contributed by atoms with van der Waals surface area (Å²) in [4.78, 5) is 11.0. The molecule has 0 saturated heterocycles. The molecule has 0 radical (unpaired) electrons. The molecule has 2 aromatic rings. The molecular weight excluding hydrogens is 250 g/mol. The van der Waals surface area contributed by atoms with E-state index in [0.29, 0.717) is 16.6 Å². The van der Waals surface area contributed by atoms with Crippen molar-refractivity contribution in [3.8, 4) is 5.69 Å². The predicted octanol–water partition coefficient (Wildman–Crippen LogP) is 3.00. The van der Waals surface area contributed by atoms with Gasteiger partial charge in [0.25, 0.3) is 0 Å². The molecule has 0 aliphatic heterocycles. The van der Waals surface area contributed by atoms with Crippen molar-refractivity contribution in [2.45, 2.75) is 25.2 Å². The molecule has 1 aromatic carbocycles. The van der Waals surface area contributed by atoms with E-state index in [-0.39, 0.29) is 0 Å². The zero-order valence-electron chi connectivity index (χ0n) is 9.71. The van der Waals surface area contributed by atoms with Gasteiger partial charge in [-0.2, -0.15) is 0 Å². The predicted molar refractivity (Wildman–Crippen MR) is 68.3 cm³/mol. The number of benzene rings is 1. The molecule has 0 unspecified atom stereocenters. The Labute approximate surface area is 110 Å². The second kappa shape index (κ2) is 4.53. The van der Waals surface area contributed by atoms with Crippen LogP contribution >= 0.6 is 11.6 Å². The Morgan fingerprint density at radius 3 is 2.56 bits per heavy atom. The molecule has 0 spiro atoms. The van der Waals surface area contributed by atoms with Crippen LogP contribution in [-0.4, -0.2) is 21.3 Å². The molecule has 0 atom stereocenters. The molecule has 1 aliphatic rings. The van der Waals surface area contributed by atoms with E-state index in [2.05, 4.69) is 10.3 Å². The maximum absolute atomic E-state index is 11.0. The fraction of sp³-hybridized carbons (Fsp3) is 0.308. The molecule has 92 valence electrons. The van der Waals surface area contributed by atoms with Crippen LogP contribution in [-0.2, 0) is 0 Å². The summed E-state index contributed by atoms with van der Waals surface area (Å²) in [5.41, 5.74) is 2.27. The number of halogens is 1. The van der Waals surface area contributed by atoms with Crippen molar-refractivity contribution in [2.24, 2.45) is 0 Å². The van der Waals surface area contributed by atoms with Gasteiger partial charge < -0.3 is 0 Å². The van der Waals surface area contributed by atoms with Gasteiger partial charge in [0, 0.05) is 10.9 Å². The highest BCUT2D eigenvalue weighted by atomic mass is 35.5. The van der Waals surface area contributed by atoms with Crippen molar-refractivity contribution in [3.63, 3.8) is 0 Å². The minimum absolute atomic E-state index is 0.399. The van der Waals surface area contributed by atoms with Crippen molar-refractivity contribution in [1.29, 1.82) is 0 Å². The standard InChI is InChI=1S/C13H12ClN3O/c14-10-4-6-11(7-5-10)17-13(9-2-1-3-9)12(8-18)15-16-17/h4-9H,1-3H2.